The normalized spacial score (nSPS) is 16.8. The smallest absolute Gasteiger partial charge is 0.269 e. The van der Waals surface area contributed by atoms with Gasteiger partial charge in [-0.25, -0.2) is 0 Å². The lowest BCUT2D eigenvalue weighted by Gasteiger charge is -2.23. The topological polar surface area (TPSA) is 66.7 Å². The molecule has 0 amide bonds. The highest BCUT2D eigenvalue weighted by Gasteiger charge is 2.17. The van der Waals surface area contributed by atoms with Gasteiger partial charge >= 0.3 is 0 Å². The Balaban J connectivity index is 1.99. The van der Waals surface area contributed by atoms with Crippen molar-refractivity contribution in [3.8, 4) is 0 Å². The van der Waals surface area contributed by atoms with Gasteiger partial charge in [-0.1, -0.05) is 0 Å². The van der Waals surface area contributed by atoms with E-state index in [9.17, 15) is 14.9 Å². The van der Waals surface area contributed by atoms with E-state index in [0.717, 1.165) is 38.3 Å². The second kappa shape index (κ2) is 6.67. The molecule has 6 nitrogen and oxygen atoms in total. The lowest BCUT2D eigenvalue weighted by molar-refractivity contribution is -0.384. The van der Waals surface area contributed by atoms with E-state index in [1.807, 2.05) is 4.90 Å². The molecule has 0 N–H and O–H groups in total. The molecule has 0 radical (unpaired) electrons. The monoisotopic (exact) mass is 297 g/mol. The van der Waals surface area contributed by atoms with Crippen LogP contribution in [0.25, 0.3) is 0 Å². The van der Waals surface area contributed by atoms with Crippen LogP contribution in [0.4, 0.5) is 11.4 Å². The van der Waals surface area contributed by atoms with Crippen LogP contribution in [0.2, 0.25) is 0 Å². The third kappa shape index (κ3) is 3.91. The van der Waals surface area contributed by atoms with Crippen LogP contribution in [0.3, 0.4) is 0 Å². The Kier molecular flexibility index (Phi) is 4.92. The molecule has 108 valence electrons. The summed E-state index contributed by atoms with van der Waals surface area (Å²) in [5, 5.41) is 10.3. The first-order valence-electron chi connectivity index (χ1n) is 6.46. The van der Waals surface area contributed by atoms with Gasteiger partial charge in [-0.2, -0.15) is 0 Å². The maximum Gasteiger partial charge on any atom is 0.269 e. The van der Waals surface area contributed by atoms with Crippen molar-refractivity contribution >= 4 is 28.2 Å². The summed E-state index contributed by atoms with van der Waals surface area (Å²) in [6.45, 7) is 3.51. The quantitative estimate of drug-likeness (QED) is 0.482. The number of nitro benzene ring substituents is 1. The molecule has 0 aliphatic carbocycles. The average Bonchev–Trinajstić information content (AvgIpc) is 2.64. The number of carbonyl (C=O) groups excluding carboxylic acids is 1. The minimum Gasteiger partial charge on any atom is -0.370 e. The Bertz CT molecular complexity index is 492. The third-order valence-electron chi connectivity index (χ3n) is 3.36. The predicted octanol–water partition coefficient (Wildman–Crippen LogP) is 1.87. The zero-order valence-electron chi connectivity index (χ0n) is 11.0. The van der Waals surface area contributed by atoms with Gasteiger partial charge in [-0.05, 0) is 30.2 Å². The first-order valence-corrected chi connectivity index (χ1v) is 6.84. The zero-order chi connectivity index (χ0) is 14.5. The Morgan fingerprint density at radius 3 is 2.50 bits per heavy atom. The van der Waals surface area contributed by atoms with Crippen LogP contribution in [0.5, 0.6) is 0 Å². The van der Waals surface area contributed by atoms with E-state index >= 15 is 0 Å². The summed E-state index contributed by atoms with van der Waals surface area (Å²) in [5.74, 6) is 0. The van der Waals surface area contributed by atoms with Crippen LogP contribution in [-0.2, 0) is 4.79 Å². The molecule has 0 atom stereocenters. The lowest BCUT2D eigenvalue weighted by atomic mass is 10.2. The number of hydrogen-bond acceptors (Lipinski definition) is 5. The van der Waals surface area contributed by atoms with E-state index in [0.29, 0.717) is 0 Å². The van der Waals surface area contributed by atoms with Crippen LogP contribution in [-0.4, -0.2) is 47.8 Å². The van der Waals surface area contributed by atoms with Crippen molar-refractivity contribution in [3.05, 3.63) is 34.4 Å². The van der Waals surface area contributed by atoms with E-state index in [1.165, 1.54) is 12.1 Å². The summed E-state index contributed by atoms with van der Waals surface area (Å²) in [7, 11) is 0. The van der Waals surface area contributed by atoms with Crippen molar-refractivity contribution in [2.24, 2.45) is 0 Å². The largest absolute Gasteiger partial charge is 0.370 e. The van der Waals surface area contributed by atoms with Crippen LogP contribution in [0, 0.1) is 10.1 Å². The summed E-state index contributed by atoms with van der Waals surface area (Å²) in [5.41, 5.74) is 1.06. The molecule has 0 spiro atoms. The van der Waals surface area contributed by atoms with Crippen molar-refractivity contribution in [2.45, 2.75) is 6.42 Å². The predicted molar refractivity (Wildman–Crippen MR) is 77.2 cm³/mol. The van der Waals surface area contributed by atoms with Gasteiger partial charge in [0.25, 0.3) is 5.69 Å². The summed E-state index contributed by atoms with van der Waals surface area (Å²) in [6, 6.07) is 6.56. The van der Waals surface area contributed by atoms with Crippen molar-refractivity contribution in [1.82, 2.24) is 4.90 Å². The summed E-state index contributed by atoms with van der Waals surface area (Å²) >= 11 is 5.41. The number of hydrogen-bond donors (Lipinski definition) is 0. The number of non-ortho nitro benzene ring substituents is 1. The minimum absolute atomic E-state index is 0.0953. The van der Waals surface area contributed by atoms with E-state index < -0.39 is 4.92 Å². The molecule has 1 aromatic rings. The number of anilines is 1. The second-order valence-electron chi connectivity index (χ2n) is 4.75. The highest BCUT2D eigenvalue weighted by molar-refractivity contribution is 6.64. The number of halogens is 1. The van der Waals surface area contributed by atoms with Crippen molar-refractivity contribution < 1.29 is 9.72 Å². The fourth-order valence-corrected chi connectivity index (χ4v) is 2.52. The molecule has 0 aromatic heterocycles. The van der Waals surface area contributed by atoms with E-state index in [1.54, 1.807) is 12.1 Å². The third-order valence-corrected chi connectivity index (χ3v) is 3.48. The molecule has 7 heteroatoms. The molecule has 1 heterocycles. The summed E-state index contributed by atoms with van der Waals surface area (Å²) in [6.07, 6.45) is 0.932. The van der Waals surface area contributed by atoms with E-state index in [2.05, 4.69) is 4.90 Å². The number of nitro groups is 1. The number of benzene rings is 1. The molecule has 2 rings (SSSR count). The first kappa shape index (κ1) is 14.7. The Hall–Kier alpha value is -1.66. The number of carbonyl (C=O) groups is 1. The Morgan fingerprint density at radius 1 is 1.20 bits per heavy atom. The lowest BCUT2D eigenvalue weighted by Crippen LogP contribution is -2.33. The van der Waals surface area contributed by atoms with Crippen molar-refractivity contribution in [3.63, 3.8) is 0 Å². The van der Waals surface area contributed by atoms with Gasteiger partial charge in [-0.15, -0.1) is 0 Å². The van der Waals surface area contributed by atoms with Gasteiger partial charge < -0.3 is 4.90 Å². The Morgan fingerprint density at radius 2 is 1.90 bits per heavy atom. The van der Waals surface area contributed by atoms with Gasteiger partial charge in [0.05, 0.1) is 11.5 Å². The zero-order valence-corrected chi connectivity index (χ0v) is 11.8. The summed E-state index contributed by atoms with van der Waals surface area (Å²) in [4.78, 5) is 25.3. The van der Waals surface area contributed by atoms with Gasteiger partial charge in [0.15, 0.2) is 0 Å². The van der Waals surface area contributed by atoms with Gasteiger partial charge in [0, 0.05) is 44.0 Å². The molecule has 1 aliphatic heterocycles. The molecule has 1 aromatic carbocycles. The van der Waals surface area contributed by atoms with E-state index in [-0.39, 0.29) is 17.5 Å². The fraction of sp³-hybridized carbons (Fsp3) is 0.462. The van der Waals surface area contributed by atoms with Crippen molar-refractivity contribution in [2.75, 3.05) is 37.6 Å². The average molecular weight is 298 g/mol. The molecule has 20 heavy (non-hydrogen) atoms. The molecular formula is C13H16ClN3O3. The van der Waals surface area contributed by atoms with Gasteiger partial charge in [-0.3, -0.25) is 19.8 Å². The van der Waals surface area contributed by atoms with E-state index in [4.69, 9.17) is 11.6 Å². The molecule has 0 bridgehead atoms. The van der Waals surface area contributed by atoms with Gasteiger partial charge in [0.2, 0.25) is 5.24 Å². The molecule has 0 unspecified atom stereocenters. The fourth-order valence-electron chi connectivity index (χ4n) is 2.35. The van der Waals surface area contributed by atoms with Gasteiger partial charge in [0.1, 0.15) is 0 Å². The maximum absolute atomic E-state index is 10.9. The molecular weight excluding hydrogens is 282 g/mol. The highest BCUT2D eigenvalue weighted by Crippen LogP contribution is 2.20. The molecule has 0 saturated carbocycles. The first-order chi connectivity index (χ1) is 9.56. The Labute approximate surface area is 122 Å². The second-order valence-corrected chi connectivity index (χ2v) is 5.17. The maximum atomic E-state index is 10.9. The molecule has 1 fully saturated rings. The highest BCUT2D eigenvalue weighted by atomic mass is 35.5. The SMILES string of the molecule is O=C(Cl)CN1CCCN(c2ccc([N+](=O)[O-])cc2)CC1. The van der Waals surface area contributed by atoms with Crippen molar-refractivity contribution in [1.29, 1.82) is 0 Å². The van der Waals surface area contributed by atoms with Crippen LogP contribution in [0.15, 0.2) is 24.3 Å². The van der Waals surface area contributed by atoms with Crippen LogP contribution < -0.4 is 4.90 Å². The van der Waals surface area contributed by atoms with Crippen LogP contribution >= 0.6 is 11.6 Å². The summed E-state index contributed by atoms with van der Waals surface area (Å²) < 4.78 is 0. The minimum atomic E-state index is -0.403. The molecule has 1 saturated heterocycles. The molecule has 1 aliphatic rings. The van der Waals surface area contributed by atoms with Crippen LogP contribution in [0.1, 0.15) is 6.42 Å². The number of rotatable bonds is 4. The number of nitrogens with zero attached hydrogens (tertiary/aromatic N) is 3. The standard InChI is InChI=1S/C13H16ClN3O3/c14-13(18)10-15-6-1-7-16(9-8-15)11-2-4-12(5-3-11)17(19)20/h2-5H,1,6-10H2.